The van der Waals surface area contributed by atoms with Crippen LogP contribution >= 0.6 is 0 Å². The van der Waals surface area contributed by atoms with Gasteiger partial charge >= 0.3 is 0 Å². The summed E-state index contributed by atoms with van der Waals surface area (Å²) in [6.07, 6.45) is 8.25. The average Bonchev–Trinajstić information content (AvgIpc) is 2.37. The third-order valence-corrected chi connectivity index (χ3v) is 5.17. The zero-order chi connectivity index (χ0) is 14.6. The van der Waals surface area contributed by atoms with E-state index >= 15 is 0 Å². The summed E-state index contributed by atoms with van der Waals surface area (Å²) in [5.41, 5.74) is 0. The molecule has 112 valence electrons. The van der Waals surface area contributed by atoms with E-state index in [0.29, 0.717) is 6.42 Å². The molecule has 0 amide bonds. The lowest BCUT2D eigenvalue weighted by Crippen LogP contribution is -2.34. The van der Waals surface area contributed by atoms with Crippen molar-refractivity contribution in [3.63, 3.8) is 0 Å². The topological polar surface area (TPSA) is 70.0 Å². The van der Waals surface area contributed by atoms with Crippen molar-refractivity contribution >= 4 is 10.0 Å². The number of unbranched alkanes of at least 4 members (excludes halogenated alkanes) is 4. The van der Waals surface area contributed by atoms with Gasteiger partial charge in [0, 0.05) is 13.0 Å². The van der Waals surface area contributed by atoms with E-state index in [4.69, 9.17) is 5.26 Å². The minimum atomic E-state index is -3.25. The van der Waals surface area contributed by atoms with Gasteiger partial charge in [-0.1, -0.05) is 52.4 Å². The first-order chi connectivity index (χ1) is 9.08. The number of rotatable bonds is 12. The summed E-state index contributed by atoms with van der Waals surface area (Å²) in [5, 5.41) is 8.15. The van der Waals surface area contributed by atoms with Crippen molar-refractivity contribution in [2.75, 3.05) is 6.54 Å². The van der Waals surface area contributed by atoms with Crippen LogP contribution in [0.15, 0.2) is 0 Å². The first-order valence-electron chi connectivity index (χ1n) is 7.43. The van der Waals surface area contributed by atoms with Crippen molar-refractivity contribution in [3.8, 4) is 6.07 Å². The second kappa shape index (κ2) is 11.2. The summed E-state index contributed by atoms with van der Waals surface area (Å²) in [6.45, 7) is 4.41. The predicted molar refractivity (Wildman–Crippen MR) is 79.2 cm³/mol. The van der Waals surface area contributed by atoms with Gasteiger partial charge in [-0.2, -0.15) is 5.26 Å². The van der Waals surface area contributed by atoms with Crippen LogP contribution < -0.4 is 4.72 Å². The Balaban J connectivity index is 4.17. The van der Waals surface area contributed by atoms with Gasteiger partial charge in [0.1, 0.15) is 0 Å². The van der Waals surface area contributed by atoms with Crippen LogP contribution in [-0.4, -0.2) is 20.2 Å². The monoisotopic (exact) mass is 288 g/mol. The van der Waals surface area contributed by atoms with Gasteiger partial charge < -0.3 is 0 Å². The molecule has 0 radical (unpaired) electrons. The van der Waals surface area contributed by atoms with E-state index in [2.05, 4.69) is 11.6 Å². The maximum Gasteiger partial charge on any atom is 0.214 e. The lowest BCUT2D eigenvalue weighted by molar-refractivity contribution is 0.524. The number of nitrogens with one attached hydrogen (secondary N) is 1. The third kappa shape index (κ3) is 9.01. The highest BCUT2D eigenvalue weighted by atomic mass is 32.2. The number of nitrogens with zero attached hydrogens (tertiary/aromatic N) is 1. The van der Waals surface area contributed by atoms with Gasteiger partial charge in [-0.05, 0) is 12.8 Å². The molecular weight excluding hydrogens is 260 g/mol. The van der Waals surface area contributed by atoms with E-state index in [9.17, 15) is 8.42 Å². The van der Waals surface area contributed by atoms with Crippen molar-refractivity contribution in [2.45, 2.75) is 76.9 Å². The van der Waals surface area contributed by atoms with Crippen molar-refractivity contribution in [1.82, 2.24) is 4.72 Å². The SMILES string of the molecule is CCCCCCCC(CCC)S(=O)(=O)NCCC#N. The maximum atomic E-state index is 12.1. The van der Waals surface area contributed by atoms with Gasteiger partial charge in [0.2, 0.25) is 10.0 Å². The van der Waals surface area contributed by atoms with E-state index in [1.54, 1.807) is 0 Å². The van der Waals surface area contributed by atoms with Crippen LogP contribution in [0.3, 0.4) is 0 Å². The molecule has 0 rings (SSSR count). The molecule has 0 spiro atoms. The van der Waals surface area contributed by atoms with Crippen LogP contribution in [0.4, 0.5) is 0 Å². The van der Waals surface area contributed by atoms with Gasteiger partial charge in [0.15, 0.2) is 0 Å². The fourth-order valence-corrected chi connectivity index (χ4v) is 3.76. The van der Waals surface area contributed by atoms with Crippen molar-refractivity contribution in [2.24, 2.45) is 0 Å². The number of sulfonamides is 1. The normalized spacial score (nSPS) is 13.1. The molecule has 0 bridgehead atoms. The Morgan fingerprint density at radius 2 is 1.74 bits per heavy atom. The first-order valence-corrected chi connectivity index (χ1v) is 8.98. The highest BCUT2D eigenvalue weighted by Crippen LogP contribution is 2.16. The smallest absolute Gasteiger partial charge is 0.214 e. The molecule has 4 nitrogen and oxygen atoms in total. The van der Waals surface area contributed by atoms with E-state index in [0.717, 1.165) is 25.7 Å². The zero-order valence-corrected chi connectivity index (χ0v) is 13.1. The summed E-state index contributed by atoms with van der Waals surface area (Å²) in [5.74, 6) is 0. The Hall–Kier alpha value is -0.600. The van der Waals surface area contributed by atoms with E-state index in [1.165, 1.54) is 19.3 Å². The summed E-state index contributed by atoms with van der Waals surface area (Å²) < 4.78 is 26.7. The Morgan fingerprint density at radius 1 is 1.05 bits per heavy atom. The highest BCUT2D eigenvalue weighted by Gasteiger charge is 2.23. The summed E-state index contributed by atoms with van der Waals surface area (Å²) in [7, 11) is -3.25. The lowest BCUT2D eigenvalue weighted by Gasteiger charge is -2.17. The van der Waals surface area contributed by atoms with Crippen LogP contribution in [0.5, 0.6) is 0 Å². The van der Waals surface area contributed by atoms with Gasteiger partial charge in [-0.15, -0.1) is 0 Å². The third-order valence-electron chi connectivity index (χ3n) is 3.22. The molecule has 0 heterocycles. The lowest BCUT2D eigenvalue weighted by atomic mass is 10.1. The molecule has 0 aliphatic heterocycles. The predicted octanol–water partition coefficient (Wildman–Crippen LogP) is 3.35. The summed E-state index contributed by atoms with van der Waals surface area (Å²) >= 11 is 0. The fraction of sp³-hybridized carbons (Fsp3) is 0.929. The van der Waals surface area contributed by atoms with Gasteiger partial charge in [-0.25, -0.2) is 13.1 Å². The van der Waals surface area contributed by atoms with Gasteiger partial charge in [0.05, 0.1) is 11.3 Å². The van der Waals surface area contributed by atoms with Crippen LogP contribution in [0.25, 0.3) is 0 Å². The minimum absolute atomic E-state index is 0.231. The molecule has 1 unspecified atom stereocenters. The average molecular weight is 288 g/mol. The Labute approximate surface area is 118 Å². The molecule has 0 aliphatic carbocycles. The molecule has 0 aromatic rings. The summed E-state index contributed by atoms with van der Waals surface area (Å²) in [4.78, 5) is 0. The molecule has 0 fully saturated rings. The zero-order valence-electron chi connectivity index (χ0n) is 12.3. The van der Waals surface area contributed by atoms with Crippen LogP contribution in [0.2, 0.25) is 0 Å². The van der Waals surface area contributed by atoms with Crippen molar-refractivity contribution < 1.29 is 8.42 Å². The van der Waals surface area contributed by atoms with Gasteiger partial charge in [0.25, 0.3) is 0 Å². The maximum absolute atomic E-state index is 12.1. The largest absolute Gasteiger partial charge is 0.214 e. The molecular formula is C14H28N2O2S. The minimum Gasteiger partial charge on any atom is -0.214 e. The molecule has 0 aromatic heterocycles. The van der Waals surface area contributed by atoms with E-state index in [1.807, 2.05) is 13.0 Å². The molecule has 0 aliphatic rings. The molecule has 19 heavy (non-hydrogen) atoms. The molecule has 1 N–H and O–H groups in total. The van der Waals surface area contributed by atoms with Crippen LogP contribution in [0.1, 0.15) is 71.6 Å². The number of hydrogen-bond donors (Lipinski definition) is 1. The number of hydrogen-bond acceptors (Lipinski definition) is 3. The fourth-order valence-electron chi connectivity index (χ4n) is 2.12. The second-order valence-corrected chi connectivity index (χ2v) is 7.01. The molecule has 0 saturated heterocycles. The van der Waals surface area contributed by atoms with Gasteiger partial charge in [-0.3, -0.25) is 0 Å². The Bertz CT molecular complexity index is 347. The van der Waals surface area contributed by atoms with Crippen LogP contribution in [0, 0.1) is 11.3 Å². The Kier molecular flexibility index (Phi) is 10.9. The number of nitriles is 1. The quantitative estimate of drug-likeness (QED) is 0.560. The molecule has 0 saturated carbocycles. The molecule has 1 atom stereocenters. The standard InChI is InChI=1S/C14H28N2O2S/c1-3-5-6-7-8-11-14(10-4-2)19(17,18)16-13-9-12-15/h14,16H,3-11,13H2,1-2H3. The Morgan fingerprint density at radius 3 is 2.32 bits per heavy atom. The van der Waals surface area contributed by atoms with Crippen molar-refractivity contribution in [1.29, 1.82) is 5.26 Å². The second-order valence-electron chi connectivity index (χ2n) is 4.96. The molecule has 5 heteroatoms. The van der Waals surface area contributed by atoms with E-state index < -0.39 is 10.0 Å². The summed E-state index contributed by atoms with van der Waals surface area (Å²) in [6, 6.07) is 1.95. The van der Waals surface area contributed by atoms with E-state index in [-0.39, 0.29) is 18.2 Å². The molecule has 0 aromatic carbocycles. The van der Waals surface area contributed by atoms with Crippen LogP contribution in [-0.2, 0) is 10.0 Å². The van der Waals surface area contributed by atoms with Crippen molar-refractivity contribution in [3.05, 3.63) is 0 Å². The first kappa shape index (κ1) is 18.4. The highest BCUT2D eigenvalue weighted by molar-refractivity contribution is 7.90.